The molecule has 0 unspecified atom stereocenters. The first kappa shape index (κ1) is 19.2. The Hall–Kier alpha value is -3.12. The maximum atomic E-state index is 13.3. The van der Waals surface area contributed by atoms with Gasteiger partial charge in [-0.2, -0.15) is 0 Å². The van der Waals surface area contributed by atoms with E-state index in [9.17, 15) is 9.59 Å². The van der Waals surface area contributed by atoms with E-state index < -0.39 is 5.97 Å². The number of benzene rings is 2. The van der Waals surface area contributed by atoms with Crippen LogP contribution in [0.3, 0.4) is 0 Å². The predicted octanol–water partition coefficient (Wildman–Crippen LogP) is 2.50. The van der Waals surface area contributed by atoms with Crippen LogP contribution in [-0.2, 0) is 22.7 Å². The summed E-state index contributed by atoms with van der Waals surface area (Å²) in [6.45, 7) is 3.50. The molecule has 1 aliphatic heterocycles. The molecule has 150 valence electrons. The summed E-state index contributed by atoms with van der Waals surface area (Å²) in [6.07, 6.45) is 0. The summed E-state index contributed by atoms with van der Waals surface area (Å²) in [5.74, 6) is -0.420. The maximum Gasteiger partial charge on any atom is 0.326 e. The van der Waals surface area contributed by atoms with Crippen molar-refractivity contribution in [3.8, 4) is 0 Å². The molecule has 0 radical (unpaired) electrons. The van der Waals surface area contributed by atoms with Gasteiger partial charge in [0.25, 0.3) is 5.56 Å². The molecule has 3 aromatic rings. The summed E-state index contributed by atoms with van der Waals surface area (Å²) in [7, 11) is 2.08. The summed E-state index contributed by atoms with van der Waals surface area (Å²) in [6, 6.07) is 19.1. The first-order valence-electron chi connectivity index (χ1n) is 9.87. The Morgan fingerprint density at radius 3 is 2.41 bits per heavy atom. The van der Waals surface area contributed by atoms with Crippen molar-refractivity contribution in [1.82, 2.24) is 9.47 Å². The van der Waals surface area contributed by atoms with Crippen molar-refractivity contribution >= 4 is 22.6 Å². The number of esters is 1. The van der Waals surface area contributed by atoms with Gasteiger partial charge in [0.15, 0.2) is 0 Å². The highest BCUT2D eigenvalue weighted by molar-refractivity contribution is 5.84. The molecule has 6 heteroatoms. The average Bonchev–Trinajstić information content (AvgIpc) is 2.75. The van der Waals surface area contributed by atoms with Crippen LogP contribution in [0.2, 0.25) is 0 Å². The van der Waals surface area contributed by atoms with Gasteiger partial charge in [-0.05, 0) is 24.7 Å². The van der Waals surface area contributed by atoms with Gasteiger partial charge in [0.1, 0.15) is 18.8 Å². The van der Waals surface area contributed by atoms with Crippen LogP contribution in [-0.4, -0.2) is 48.7 Å². The third-order valence-electron chi connectivity index (χ3n) is 5.36. The summed E-state index contributed by atoms with van der Waals surface area (Å²) in [5.41, 5.74) is 2.16. The van der Waals surface area contributed by atoms with Gasteiger partial charge >= 0.3 is 5.97 Å². The normalized spacial score (nSPS) is 14.9. The molecule has 1 fully saturated rings. The van der Waals surface area contributed by atoms with E-state index in [4.69, 9.17) is 4.74 Å². The fourth-order valence-corrected chi connectivity index (χ4v) is 3.66. The monoisotopic (exact) mass is 391 g/mol. The maximum absolute atomic E-state index is 13.3. The van der Waals surface area contributed by atoms with Crippen molar-refractivity contribution < 1.29 is 9.53 Å². The SMILES string of the molecule is CN1CCN(c2cc3ccccc3n(CC(=O)OCc3ccccc3)c2=O)CC1. The second-order valence-electron chi connectivity index (χ2n) is 7.42. The number of anilines is 1. The molecule has 29 heavy (non-hydrogen) atoms. The van der Waals surface area contributed by atoms with Gasteiger partial charge in [-0.25, -0.2) is 0 Å². The molecule has 6 nitrogen and oxygen atoms in total. The van der Waals surface area contributed by atoms with Crippen LogP contribution in [0, 0.1) is 0 Å². The van der Waals surface area contributed by atoms with E-state index >= 15 is 0 Å². The summed E-state index contributed by atoms with van der Waals surface area (Å²) in [5, 5.41) is 0.942. The van der Waals surface area contributed by atoms with E-state index in [1.165, 1.54) is 4.57 Å². The van der Waals surface area contributed by atoms with E-state index in [0.29, 0.717) is 5.69 Å². The zero-order valence-electron chi connectivity index (χ0n) is 16.6. The molecule has 0 atom stereocenters. The molecule has 0 aliphatic carbocycles. The number of hydrogen-bond donors (Lipinski definition) is 0. The van der Waals surface area contributed by atoms with E-state index in [-0.39, 0.29) is 18.7 Å². The number of nitrogens with zero attached hydrogens (tertiary/aromatic N) is 3. The molecule has 1 saturated heterocycles. The second-order valence-corrected chi connectivity index (χ2v) is 7.42. The minimum Gasteiger partial charge on any atom is -0.459 e. The summed E-state index contributed by atoms with van der Waals surface area (Å²) < 4.78 is 6.95. The quantitative estimate of drug-likeness (QED) is 0.626. The van der Waals surface area contributed by atoms with E-state index in [1.807, 2.05) is 60.7 Å². The minimum absolute atomic E-state index is 0.103. The third-order valence-corrected chi connectivity index (χ3v) is 5.36. The van der Waals surface area contributed by atoms with Crippen LogP contribution in [0.1, 0.15) is 5.56 Å². The number of aromatic nitrogens is 1. The highest BCUT2D eigenvalue weighted by Crippen LogP contribution is 2.20. The predicted molar refractivity (Wildman–Crippen MR) is 114 cm³/mol. The largest absolute Gasteiger partial charge is 0.459 e. The lowest BCUT2D eigenvalue weighted by atomic mass is 10.1. The van der Waals surface area contributed by atoms with Crippen molar-refractivity contribution in [3.05, 3.63) is 76.6 Å². The van der Waals surface area contributed by atoms with Gasteiger partial charge in [0, 0.05) is 31.6 Å². The van der Waals surface area contributed by atoms with Gasteiger partial charge in [0.2, 0.25) is 0 Å². The zero-order chi connectivity index (χ0) is 20.2. The first-order valence-corrected chi connectivity index (χ1v) is 9.87. The highest BCUT2D eigenvalue weighted by atomic mass is 16.5. The molecule has 0 bridgehead atoms. The number of piperazine rings is 1. The zero-order valence-corrected chi connectivity index (χ0v) is 16.6. The molecule has 2 heterocycles. The van der Waals surface area contributed by atoms with Crippen LogP contribution in [0.4, 0.5) is 5.69 Å². The number of likely N-dealkylation sites (N-methyl/N-ethyl adjacent to an activating group) is 1. The smallest absolute Gasteiger partial charge is 0.326 e. The van der Waals surface area contributed by atoms with E-state index in [2.05, 4.69) is 16.8 Å². The van der Waals surface area contributed by atoms with Gasteiger partial charge < -0.3 is 14.5 Å². The Bertz CT molecular complexity index is 1050. The highest BCUT2D eigenvalue weighted by Gasteiger charge is 2.20. The van der Waals surface area contributed by atoms with Crippen molar-refractivity contribution in [2.75, 3.05) is 38.1 Å². The van der Waals surface area contributed by atoms with Gasteiger partial charge in [-0.3, -0.25) is 14.2 Å². The number of pyridine rings is 1. The molecule has 0 spiro atoms. The number of para-hydroxylation sites is 1. The molecule has 1 aliphatic rings. The number of carbonyl (C=O) groups is 1. The fourth-order valence-electron chi connectivity index (χ4n) is 3.66. The van der Waals surface area contributed by atoms with Crippen molar-refractivity contribution in [3.63, 3.8) is 0 Å². The van der Waals surface area contributed by atoms with Crippen LogP contribution in [0.25, 0.3) is 10.9 Å². The molecule has 4 rings (SSSR count). The molecule has 0 amide bonds. The van der Waals surface area contributed by atoms with Crippen molar-refractivity contribution in [1.29, 1.82) is 0 Å². The van der Waals surface area contributed by atoms with Crippen LogP contribution in [0.5, 0.6) is 0 Å². The number of hydrogen-bond acceptors (Lipinski definition) is 5. The lowest BCUT2D eigenvalue weighted by Gasteiger charge is -2.34. The Morgan fingerprint density at radius 2 is 1.66 bits per heavy atom. The van der Waals surface area contributed by atoms with E-state index in [0.717, 1.165) is 42.6 Å². The van der Waals surface area contributed by atoms with Crippen LogP contribution >= 0.6 is 0 Å². The van der Waals surface area contributed by atoms with Gasteiger partial charge in [-0.15, -0.1) is 0 Å². The Balaban J connectivity index is 1.61. The molecule has 0 saturated carbocycles. The van der Waals surface area contributed by atoms with Gasteiger partial charge in [0.05, 0.1) is 5.52 Å². The Labute approximate surface area is 169 Å². The first-order chi connectivity index (χ1) is 14.1. The van der Waals surface area contributed by atoms with E-state index in [1.54, 1.807) is 0 Å². The summed E-state index contributed by atoms with van der Waals surface area (Å²) >= 11 is 0. The third kappa shape index (κ3) is 4.32. The number of fused-ring (bicyclic) bond motifs is 1. The number of rotatable bonds is 5. The second kappa shape index (κ2) is 8.49. The molecule has 0 N–H and O–H groups in total. The lowest BCUT2D eigenvalue weighted by Crippen LogP contribution is -2.46. The number of ether oxygens (including phenoxy) is 1. The van der Waals surface area contributed by atoms with Crippen molar-refractivity contribution in [2.45, 2.75) is 13.2 Å². The Morgan fingerprint density at radius 1 is 0.966 bits per heavy atom. The van der Waals surface area contributed by atoms with Gasteiger partial charge in [-0.1, -0.05) is 48.5 Å². The summed E-state index contributed by atoms with van der Waals surface area (Å²) in [4.78, 5) is 30.1. The number of carbonyl (C=O) groups excluding carboxylic acids is 1. The van der Waals surface area contributed by atoms with Crippen LogP contribution < -0.4 is 10.5 Å². The van der Waals surface area contributed by atoms with Crippen molar-refractivity contribution in [2.24, 2.45) is 0 Å². The molecular formula is C23H25N3O3. The van der Waals surface area contributed by atoms with Crippen LogP contribution in [0.15, 0.2) is 65.5 Å². The fraction of sp³-hybridized carbons (Fsp3) is 0.304. The lowest BCUT2D eigenvalue weighted by molar-refractivity contribution is -0.145. The standard InChI is InChI=1S/C23H25N3O3/c1-24-11-13-25(14-12-24)21-15-19-9-5-6-10-20(19)26(23(21)28)16-22(27)29-17-18-7-3-2-4-8-18/h2-10,15H,11-14,16-17H2,1H3. The average molecular weight is 391 g/mol. The Kier molecular flexibility index (Phi) is 5.62. The molecule has 2 aromatic carbocycles. The topological polar surface area (TPSA) is 54.8 Å². The molecule has 1 aromatic heterocycles. The molecular weight excluding hydrogens is 366 g/mol. The minimum atomic E-state index is -0.420.